The predicted molar refractivity (Wildman–Crippen MR) is 236 cm³/mol. The zero-order chi connectivity index (χ0) is 37.5. The van der Waals surface area contributed by atoms with Crippen LogP contribution in [0, 0.1) is 0 Å². The van der Waals surface area contributed by atoms with Gasteiger partial charge < -0.3 is 8.98 Å². The lowest BCUT2D eigenvalue weighted by Crippen LogP contribution is -2.01. The summed E-state index contributed by atoms with van der Waals surface area (Å²) in [6, 6.07) is 63.7. The highest BCUT2D eigenvalue weighted by molar-refractivity contribution is 7.25. The number of fused-ring (bicyclic) bond motifs is 9. The maximum Gasteiger partial charge on any atom is 0.164 e. The molecule has 12 rings (SSSR count). The van der Waals surface area contributed by atoms with Gasteiger partial charge in [0.15, 0.2) is 17.5 Å². The van der Waals surface area contributed by atoms with Crippen molar-refractivity contribution in [2.75, 3.05) is 0 Å². The highest BCUT2D eigenvalue weighted by Gasteiger charge is 2.22. The van der Waals surface area contributed by atoms with Crippen LogP contribution in [0.5, 0.6) is 0 Å². The summed E-state index contributed by atoms with van der Waals surface area (Å²) in [5, 5.41) is 6.65. The average molecular weight is 747 g/mol. The molecule has 0 spiro atoms. The van der Waals surface area contributed by atoms with Gasteiger partial charge in [-0.15, -0.1) is 11.3 Å². The van der Waals surface area contributed by atoms with Crippen molar-refractivity contribution in [1.82, 2.24) is 19.5 Å². The smallest absolute Gasteiger partial charge is 0.164 e. The molecule has 0 bridgehead atoms. The minimum atomic E-state index is 0.591. The summed E-state index contributed by atoms with van der Waals surface area (Å²) >= 11 is 1.79. The number of benzene rings is 8. The molecular weight excluding hydrogens is 717 g/mol. The first-order valence-electron chi connectivity index (χ1n) is 19.0. The molecule has 0 N–H and O–H groups in total. The molecule has 0 atom stereocenters. The van der Waals surface area contributed by atoms with Crippen molar-refractivity contribution in [3.8, 4) is 51.0 Å². The SMILES string of the molecule is c1ccc(-c2cccc(-c3nc(-c4cccc5oc6cc7c8ccccc8n(-c8ccccc8)c7cc6c45)nc(-c4cccc5sc6ccccc6c45)n3)c2)cc1. The summed E-state index contributed by atoms with van der Waals surface area (Å²) in [5.41, 5.74) is 9.99. The number of para-hydroxylation sites is 2. The highest BCUT2D eigenvalue weighted by Crippen LogP contribution is 2.43. The molecule has 0 saturated heterocycles. The second-order valence-electron chi connectivity index (χ2n) is 14.4. The second-order valence-corrected chi connectivity index (χ2v) is 15.4. The van der Waals surface area contributed by atoms with Gasteiger partial charge >= 0.3 is 0 Å². The molecule has 5 nitrogen and oxygen atoms in total. The quantitative estimate of drug-likeness (QED) is 0.176. The molecule has 0 aliphatic heterocycles. The van der Waals surface area contributed by atoms with Crippen LogP contribution in [0.4, 0.5) is 0 Å². The fourth-order valence-electron chi connectivity index (χ4n) is 8.50. The molecule has 0 fully saturated rings. The molecule has 4 aromatic heterocycles. The van der Waals surface area contributed by atoms with Gasteiger partial charge in [-0.1, -0.05) is 127 Å². The minimum Gasteiger partial charge on any atom is -0.456 e. The van der Waals surface area contributed by atoms with Crippen LogP contribution in [0.25, 0.3) is 115 Å². The molecule has 0 aliphatic rings. The predicted octanol–water partition coefficient (Wildman–Crippen LogP) is 13.9. The molecule has 266 valence electrons. The van der Waals surface area contributed by atoms with Crippen molar-refractivity contribution in [1.29, 1.82) is 0 Å². The van der Waals surface area contributed by atoms with Gasteiger partial charge in [0, 0.05) is 64.1 Å². The van der Waals surface area contributed by atoms with Gasteiger partial charge in [-0.2, -0.15) is 0 Å². The van der Waals surface area contributed by atoms with Crippen LogP contribution in [0.1, 0.15) is 0 Å². The Labute approximate surface area is 330 Å². The van der Waals surface area contributed by atoms with Crippen molar-refractivity contribution >= 4 is 75.3 Å². The van der Waals surface area contributed by atoms with Crippen LogP contribution in [-0.2, 0) is 0 Å². The molecule has 8 aromatic carbocycles. The molecule has 12 aromatic rings. The fraction of sp³-hybridized carbons (Fsp3) is 0. The Hall–Kier alpha value is -7.41. The first-order valence-corrected chi connectivity index (χ1v) is 19.8. The van der Waals surface area contributed by atoms with Crippen LogP contribution in [0.3, 0.4) is 0 Å². The van der Waals surface area contributed by atoms with Gasteiger partial charge in [0.1, 0.15) is 11.2 Å². The normalized spacial score (nSPS) is 11.9. The van der Waals surface area contributed by atoms with Gasteiger partial charge in [-0.3, -0.25) is 0 Å². The van der Waals surface area contributed by atoms with E-state index in [9.17, 15) is 0 Å². The van der Waals surface area contributed by atoms with E-state index in [4.69, 9.17) is 19.4 Å². The monoisotopic (exact) mass is 746 g/mol. The van der Waals surface area contributed by atoms with E-state index in [0.717, 1.165) is 77.2 Å². The van der Waals surface area contributed by atoms with E-state index in [0.29, 0.717) is 17.5 Å². The molecule has 6 heteroatoms. The first-order chi connectivity index (χ1) is 28.2. The van der Waals surface area contributed by atoms with Crippen molar-refractivity contribution in [3.05, 3.63) is 182 Å². The van der Waals surface area contributed by atoms with Crippen LogP contribution < -0.4 is 0 Å². The summed E-state index contributed by atoms with van der Waals surface area (Å²) in [7, 11) is 0. The van der Waals surface area contributed by atoms with Crippen LogP contribution in [0.15, 0.2) is 186 Å². The van der Waals surface area contributed by atoms with E-state index >= 15 is 0 Å². The topological polar surface area (TPSA) is 56.7 Å². The second kappa shape index (κ2) is 12.6. The third kappa shape index (κ3) is 5.04. The summed E-state index contributed by atoms with van der Waals surface area (Å²) in [6.07, 6.45) is 0. The van der Waals surface area contributed by atoms with E-state index < -0.39 is 0 Å². The van der Waals surface area contributed by atoms with Crippen molar-refractivity contribution in [3.63, 3.8) is 0 Å². The minimum absolute atomic E-state index is 0.591. The molecule has 0 saturated carbocycles. The highest BCUT2D eigenvalue weighted by atomic mass is 32.1. The van der Waals surface area contributed by atoms with Gasteiger partial charge in [0.05, 0.1) is 11.0 Å². The van der Waals surface area contributed by atoms with Gasteiger partial charge in [-0.25, -0.2) is 15.0 Å². The maximum atomic E-state index is 6.70. The van der Waals surface area contributed by atoms with Crippen molar-refractivity contribution in [2.45, 2.75) is 0 Å². The number of nitrogens with zero attached hydrogens (tertiary/aromatic N) is 4. The number of aromatic nitrogens is 4. The lowest BCUT2D eigenvalue weighted by molar-refractivity contribution is 0.669. The summed E-state index contributed by atoms with van der Waals surface area (Å²) in [6.45, 7) is 0. The molecule has 57 heavy (non-hydrogen) atoms. The molecular formula is C51H30N4OS. The van der Waals surface area contributed by atoms with E-state index in [2.05, 4.69) is 168 Å². The third-order valence-corrected chi connectivity index (χ3v) is 12.2. The Morgan fingerprint density at radius 1 is 0.386 bits per heavy atom. The van der Waals surface area contributed by atoms with E-state index in [1.165, 1.54) is 20.2 Å². The Kier molecular flexibility index (Phi) is 7.03. The number of rotatable bonds is 5. The van der Waals surface area contributed by atoms with Crippen LogP contribution >= 0.6 is 11.3 Å². The lowest BCUT2D eigenvalue weighted by Gasteiger charge is -2.11. The van der Waals surface area contributed by atoms with E-state index in [-0.39, 0.29) is 0 Å². The van der Waals surface area contributed by atoms with Gasteiger partial charge in [0.25, 0.3) is 0 Å². The van der Waals surface area contributed by atoms with E-state index in [1.807, 2.05) is 18.2 Å². The summed E-state index contributed by atoms with van der Waals surface area (Å²) in [5.74, 6) is 1.83. The third-order valence-electron chi connectivity index (χ3n) is 11.1. The molecule has 4 heterocycles. The number of hydrogen-bond acceptors (Lipinski definition) is 5. The largest absolute Gasteiger partial charge is 0.456 e. The Morgan fingerprint density at radius 2 is 1.02 bits per heavy atom. The number of hydrogen-bond donors (Lipinski definition) is 0. The summed E-state index contributed by atoms with van der Waals surface area (Å²) in [4.78, 5) is 15.9. The van der Waals surface area contributed by atoms with Gasteiger partial charge in [0.2, 0.25) is 0 Å². The number of thiophene rings is 1. The molecule has 0 amide bonds. The zero-order valence-corrected chi connectivity index (χ0v) is 31.2. The summed E-state index contributed by atoms with van der Waals surface area (Å²) < 4.78 is 11.5. The van der Waals surface area contributed by atoms with Crippen LogP contribution in [-0.4, -0.2) is 19.5 Å². The van der Waals surface area contributed by atoms with Gasteiger partial charge in [-0.05, 0) is 65.7 Å². The Bertz CT molecular complexity index is 3530. The van der Waals surface area contributed by atoms with E-state index in [1.54, 1.807) is 11.3 Å². The molecule has 0 aliphatic carbocycles. The maximum absolute atomic E-state index is 6.70. The Morgan fingerprint density at radius 3 is 1.86 bits per heavy atom. The Balaban J connectivity index is 1.14. The standard InChI is InChI=1S/C51H30N4OS/c1-3-14-31(15-4-1)32-16-11-17-33(28-32)49-52-50(54-51(53-49)38-23-13-27-46-48(38)36-21-8-10-26-45(36)57-46)37-22-12-25-43-47(37)40-29-42-39(30-44(40)56-43)35-20-7-9-24-41(35)55(42)34-18-5-2-6-19-34/h1-30H. The number of furan rings is 1. The first kappa shape index (κ1) is 31.9. The lowest BCUT2D eigenvalue weighted by atomic mass is 10.0. The average Bonchev–Trinajstić information content (AvgIpc) is 3.95. The molecule has 0 unspecified atom stereocenters. The van der Waals surface area contributed by atoms with Crippen LogP contribution in [0.2, 0.25) is 0 Å². The fourth-order valence-corrected chi connectivity index (χ4v) is 9.64. The van der Waals surface area contributed by atoms with Crippen molar-refractivity contribution < 1.29 is 4.42 Å². The van der Waals surface area contributed by atoms with Crippen molar-refractivity contribution in [2.24, 2.45) is 0 Å². The zero-order valence-electron chi connectivity index (χ0n) is 30.4. The molecule has 0 radical (unpaired) electrons.